The number of aliphatic imine (C=N–C) groups is 1. The van der Waals surface area contributed by atoms with Crippen molar-refractivity contribution in [2.24, 2.45) is 10.4 Å². The smallest absolute Gasteiger partial charge is 0.246 e. The zero-order valence-corrected chi connectivity index (χ0v) is 45.1. The van der Waals surface area contributed by atoms with E-state index in [4.69, 9.17) is 40.3 Å². The van der Waals surface area contributed by atoms with Crippen molar-refractivity contribution in [2.75, 3.05) is 66.0 Å². The van der Waals surface area contributed by atoms with Gasteiger partial charge in [0.05, 0.1) is 86.6 Å². The summed E-state index contributed by atoms with van der Waals surface area (Å²) in [4.78, 5) is 68.6. The van der Waals surface area contributed by atoms with E-state index in [0.29, 0.717) is 28.0 Å². The van der Waals surface area contributed by atoms with E-state index >= 15 is 0 Å². The number of thiophene rings is 1. The summed E-state index contributed by atoms with van der Waals surface area (Å²) in [6, 6.07) is 9.91. The lowest BCUT2D eigenvalue weighted by Crippen LogP contribution is -2.58. The van der Waals surface area contributed by atoms with Gasteiger partial charge in [0.1, 0.15) is 47.9 Å². The fourth-order valence-electron chi connectivity index (χ4n) is 9.07. The molecule has 3 aromatic heterocycles. The van der Waals surface area contributed by atoms with Crippen LogP contribution < -0.4 is 20.7 Å². The Balaban J connectivity index is 1.00. The second-order valence-corrected chi connectivity index (χ2v) is 22.1. The maximum Gasteiger partial charge on any atom is 0.246 e. The lowest BCUT2D eigenvalue weighted by Gasteiger charge is -2.35. The molecule has 3 aliphatic rings. The van der Waals surface area contributed by atoms with Gasteiger partial charge in [-0.2, -0.15) is 0 Å². The number of rotatable bonds is 5. The van der Waals surface area contributed by atoms with Crippen LogP contribution >= 0.6 is 34.3 Å². The highest BCUT2D eigenvalue weighted by Crippen LogP contribution is 2.40. The zero-order chi connectivity index (χ0) is 52.7. The molecule has 0 bridgehead atoms. The van der Waals surface area contributed by atoms with Crippen LogP contribution in [-0.4, -0.2) is 149 Å². The molecule has 4 N–H and O–H groups in total. The van der Waals surface area contributed by atoms with E-state index in [2.05, 4.69) is 45.0 Å². The summed E-state index contributed by atoms with van der Waals surface area (Å²) >= 11 is 9.45. The molecule has 6 heterocycles. The van der Waals surface area contributed by atoms with Crippen molar-refractivity contribution in [3.63, 3.8) is 0 Å². The first-order valence-corrected chi connectivity index (χ1v) is 26.7. The Morgan fingerprint density at radius 2 is 1.62 bits per heavy atom. The Bertz CT molecular complexity index is 2840. The number of carbonyl (C=O) groups is 4. The molecule has 8 rings (SSSR count). The van der Waals surface area contributed by atoms with Crippen LogP contribution in [0.1, 0.15) is 84.1 Å². The number of aryl methyl sites for hydroxylation is 3. The average Bonchev–Trinajstić information content (AvgIpc) is 4.13. The third-order valence-electron chi connectivity index (χ3n) is 13.0. The number of ether oxygens (including phenoxy) is 5. The van der Waals surface area contributed by atoms with Crippen LogP contribution in [0.3, 0.4) is 0 Å². The minimum Gasteiger partial charge on any atom is -0.491 e. The van der Waals surface area contributed by atoms with Crippen molar-refractivity contribution in [3.05, 3.63) is 97.5 Å². The number of aliphatic hydroxyl groups excluding tert-OH is 1. The lowest BCUT2D eigenvalue weighted by molar-refractivity contribution is -0.144. The summed E-state index contributed by atoms with van der Waals surface area (Å²) in [5.41, 5.74) is 7.05. The number of carbonyl (C=O) groups excluding carboxylic acids is 4. The lowest BCUT2D eigenvalue weighted by atomic mass is 9.85. The Labute approximate surface area is 443 Å². The molecule has 1 saturated heterocycles. The van der Waals surface area contributed by atoms with E-state index < -0.39 is 53.4 Å². The fourth-order valence-corrected chi connectivity index (χ4v) is 11.2. The number of benzene rings is 2. The first-order valence-electron chi connectivity index (χ1n) is 24.6. The van der Waals surface area contributed by atoms with E-state index in [1.807, 2.05) is 81.7 Å². The molecule has 74 heavy (non-hydrogen) atoms. The quantitative estimate of drug-likeness (QED) is 0.174. The fraction of sp³-hybridized carbons (Fsp3) is 0.500. The molecule has 5 atom stereocenters. The summed E-state index contributed by atoms with van der Waals surface area (Å²) in [6.45, 7) is 14.1. The molecule has 2 aromatic carbocycles. The highest BCUT2D eigenvalue weighted by Gasteiger charge is 2.44. The SMILES string of the molecule is Cc1ncsc1-c1ccc2c(c1)OCCOCC(NC(=O)CC1N=C(c3ccc(Cl)cc3)c3c(sc(C)c3C)-n3c(C)nnc31)COCCOCCOCC(=O)NC(C(C)(C)C)C(=O)N1CC(O)CC1C(=O)NC2. The van der Waals surface area contributed by atoms with Gasteiger partial charge >= 0.3 is 0 Å². The van der Waals surface area contributed by atoms with Crippen LogP contribution in [-0.2, 0) is 44.7 Å². The average molecular weight is 1070 g/mol. The van der Waals surface area contributed by atoms with Gasteiger partial charge in [0.25, 0.3) is 0 Å². The molecule has 19 nitrogen and oxygen atoms in total. The molecule has 1 fully saturated rings. The summed E-state index contributed by atoms with van der Waals surface area (Å²) in [5.74, 6) is -0.0456. The summed E-state index contributed by atoms with van der Waals surface area (Å²) < 4.78 is 31.9. The van der Waals surface area contributed by atoms with Crippen molar-refractivity contribution in [2.45, 2.75) is 98.1 Å². The van der Waals surface area contributed by atoms with Crippen molar-refractivity contribution in [3.8, 4) is 21.2 Å². The number of hydrogen-bond donors (Lipinski definition) is 4. The first kappa shape index (κ1) is 54.6. The third kappa shape index (κ3) is 13.1. The summed E-state index contributed by atoms with van der Waals surface area (Å²) in [7, 11) is 0. The summed E-state index contributed by atoms with van der Waals surface area (Å²) in [5, 5.41) is 30.2. The van der Waals surface area contributed by atoms with E-state index in [-0.39, 0.29) is 91.3 Å². The van der Waals surface area contributed by atoms with Gasteiger partial charge in [-0.25, -0.2) is 4.98 Å². The zero-order valence-electron chi connectivity index (χ0n) is 42.7. The maximum atomic E-state index is 14.2. The largest absolute Gasteiger partial charge is 0.491 e. The molecule has 5 unspecified atom stereocenters. The van der Waals surface area contributed by atoms with Gasteiger partial charge in [0, 0.05) is 46.1 Å². The number of aromatic nitrogens is 4. The third-order valence-corrected chi connectivity index (χ3v) is 15.4. The van der Waals surface area contributed by atoms with Crippen LogP contribution in [0.5, 0.6) is 5.75 Å². The normalized spacial score (nSPS) is 22.2. The standard InChI is InChI=1S/C52H64ClN9O10S2/c1-29-31(3)74-51-44(29)45(33-10-12-36(53)13-11-33)57-39(48-60-59-32(4)62(48)51)22-42(64)56-37-25-69-16-14-68-15-17-71-27-43(65)58-47(52(5,6)7)50(67)61-24-38(63)21-40(61)49(66)54-23-35-9-8-34(46-30(2)55-28-73-46)20-41(35)72-19-18-70-26-37/h8-13,20,28,37-40,47,63H,14-19,21-27H2,1-7H3,(H,54,66)(H,56,64)(H,58,65). The maximum absolute atomic E-state index is 14.2. The van der Waals surface area contributed by atoms with Gasteiger partial charge in [-0.15, -0.1) is 32.9 Å². The van der Waals surface area contributed by atoms with Crippen molar-refractivity contribution >= 4 is 63.6 Å². The molecular formula is C52H64ClN9O10S2. The van der Waals surface area contributed by atoms with Crippen molar-refractivity contribution in [1.29, 1.82) is 0 Å². The number of aliphatic hydroxyl groups is 1. The van der Waals surface area contributed by atoms with Gasteiger partial charge < -0.3 is 49.6 Å². The second-order valence-electron chi connectivity index (χ2n) is 19.6. The number of thiazole rings is 1. The molecular weight excluding hydrogens is 1010 g/mol. The molecule has 0 radical (unpaired) electrons. The molecule has 5 aromatic rings. The predicted molar refractivity (Wildman–Crippen MR) is 280 cm³/mol. The predicted octanol–water partition coefficient (Wildman–Crippen LogP) is 5.37. The topological polar surface area (TPSA) is 230 Å². The number of amides is 4. The van der Waals surface area contributed by atoms with Gasteiger partial charge in [0.2, 0.25) is 23.6 Å². The second kappa shape index (κ2) is 24.3. The minimum absolute atomic E-state index is 0.0281. The van der Waals surface area contributed by atoms with Crippen LogP contribution in [0.25, 0.3) is 15.4 Å². The molecule has 0 aliphatic carbocycles. The van der Waals surface area contributed by atoms with Crippen LogP contribution in [0.2, 0.25) is 5.02 Å². The number of nitrogens with one attached hydrogen (secondary N) is 3. The number of fused-ring (bicyclic) bond motifs is 5. The van der Waals surface area contributed by atoms with E-state index in [1.54, 1.807) is 16.8 Å². The molecule has 0 spiro atoms. The van der Waals surface area contributed by atoms with E-state index in [9.17, 15) is 24.3 Å². The molecule has 22 heteroatoms. The van der Waals surface area contributed by atoms with Crippen molar-refractivity contribution < 1.29 is 48.0 Å². The Kier molecular flexibility index (Phi) is 18.0. The summed E-state index contributed by atoms with van der Waals surface area (Å²) in [6.07, 6.45) is -0.963. The Morgan fingerprint density at radius 3 is 2.34 bits per heavy atom. The van der Waals surface area contributed by atoms with Crippen LogP contribution in [0, 0.1) is 33.1 Å². The Morgan fingerprint density at radius 1 is 0.919 bits per heavy atom. The molecule has 0 saturated carbocycles. The molecule has 396 valence electrons. The van der Waals surface area contributed by atoms with E-state index in [1.165, 1.54) is 16.2 Å². The number of nitrogens with zero attached hydrogens (tertiary/aromatic N) is 6. The first-order chi connectivity index (χ1) is 35.5. The monoisotopic (exact) mass is 1070 g/mol. The van der Waals surface area contributed by atoms with Crippen molar-refractivity contribution in [1.82, 2.24) is 40.6 Å². The van der Waals surface area contributed by atoms with Gasteiger partial charge in [0.15, 0.2) is 5.82 Å². The molecule has 4 amide bonds. The van der Waals surface area contributed by atoms with Gasteiger partial charge in [-0.05, 0) is 62.4 Å². The minimum atomic E-state index is -1.02. The van der Waals surface area contributed by atoms with Crippen LogP contribution in [0.4, 0.5) is 0 Å². The van der Waals surface area contributed by atoms with Gasteiger partial charge in [-0.3, -0.25) is 28.7 Å². The number of hydrogen-bond acceptors (Lipinski definition) is 16. The van der Waals surface area contributed by atoms with Crippen LogP contribution in [0.15, 0.2) is 53.0 Å². The number of halogens is 1. The highest BCUT2D eigenvalue weighted by molar-refractivity contribution is 7.15. The Hall–Kier alpha value is -5.65. The van der Waals surface area contributed by atoms with E-state index in [0.717, 1.165) is 48.4 Å². The highest BCUT2D eigenvalue weighted by atomic mass is 35.5. The molecule has 3 aliphatic heterocycles. The van der Waals surface area contributed by atoms with Gasteiger partial charge in [-0.1, -0.05) is 56.6 Å².